The number of benzene rings is 2. The van der Waals surface area contributed by atoms with Gasteiger partial charge in [-0.15, -0.1) is 0 Å². The van der Waals surface area contributed by atoms with Crippen LogP contribution in [0.1, 0.15) is 16.8 Å². The molecule has 2 aromatic carbocycles. The van der Waals surface area contributed by atoms with Crippen molar-refractivity contribution in [2.75, 3.05) is 5.32 Å². The molecular formula is C22H17F2N3O. The van der Waals surface area contributed by atoms with Gasteiger partial charge in [0.2, 0.25) is 5.91 Å². The van der Waals surface area contributed by atoms with Gasteiger partial charge in [0.25, 0.3) is 0 Å². The molecule has 0 fully saturated rings. The van der Waals surface area contributed by atoms with Gasteiger partial charge in [-0.2, -0.15) is 0 Å². The van der Waals surface area contributed by atoms with E-state index >= 15 is 0 Å². The fourth-order valence-electron chi connectivity index (χ4n) is 3.24. The first-order valence-corrected chi connectivity index (χ1v) is 8.82. The highest BCUT2D eigenvalue weighted by atomic mass is 19.1. The van der Waals surface area contributed by atoms with Crippen LogP contribution in [-0.2, 0) is 17.6 Å². The van der Waals surface area contributed by atoms with Gasteiger partial charge in [-0.05, 0) is 53.6 Å². The number of anilines is 1. The predicted molar refractivity (Wildman–Crippen MR) is 104 cm³/mol. The molecule has 2 N–H and O–H groups in total. The Morgan fingerprint density at radius 2 is 1.68 bits per heavy atom. The zero-order chi connectivity index (χ0) is 19.5. The van der Waals surface area contributed by atoms with Gasteiger partial charge in [-0.25, -0.2) is 8.78 Å². The fraction of sp³-hybridized carbons (Fsp3) is 0.0909. The number of hydrogen-bond donors (Lipinski definition) is 2. The van der Waals surface area contributed by atoms with Crippen LogP contribution in [-0.4, -0.2) is 15.9 Å². The first kappa shape index (κ1) is 17.9. The average Bonchev–Trinajstić information content (AvgIpc) is 3.01. The van der Waals surface area contributed by atoms with Gasteiger partial charge in [0, 0.05) is 41.1 Å². The third-order valence-corrected chi connectivity index (χ3v) is 4.55. The Bertz CT molecular complexity index is 1120. The topological polar surface area (TPSA) is 57.8 Å². The summed E-state index contributed by atoms with van der Waals surface area (Å²) in [5.74, 6) is -0.883. The molecule has 0 bridgehead atoms. The van der Waals surface area contributed by atoms with Crippen molar-refractivity contribution in [3.05, 3.63) is 95.4 Å². The maximum atomic E-state index is 13.8. The van der Waals surface area contributed by atoms with Crippen molar-refractivity contribution in [3.63, 3.8) is 0 Å². The molecule has 0 radical (unpaired) electrons. The molecular weight excluding hydrogens is 360 g/mol. The van der Waals surface area contributed by atoms with E-state index in [2.05, 4.69) is 15.3 Å². The maximum absolute atomic E-state index is 13.8. The highest BCUT2D eigenvalue weighted by molar-refractivity contribution is 5.96. The van der Waals surface area contributed by atoms with Gasteiger partial charge in [-0.3, -0.25) is 9.78 Å². The van der Waals surface area contributed by atoms with Crippen molar-refractivity contribution in [1.82, 2.24) is 9.97 Å². The maximum Gasteiger partial charge on any atom is 0.228 e. The first-order valence-electron chi connectivity index (χ1n) is 8.82. The van der Waals surface area contributed by atoms with Crippen LogP contribution in [0, 0.1) is 11.6 Å². The van der Waals surface area contributed by atoms with E-state index in [4.69, 9.17) is 0 Å². The van der Waals surface area contributed by atoms with Crippen LogP contribution in [0.25, 0.3) is 10.9 Å². The van der Waals surface area contributed by atoms with Crippen molar-refractivity contribution in [2.24, 2.45) is 0 Å². The fourth-order valence-corrected chi connectivity index (χ4v) is 3.24. The van der Waals surface area contributed by atoms with E-state index in [0.29, 0.717) is 17.5 Å². The molecule has 0 spiro atoms. The number of nitrogens with one attached hydrogen (secondary N) is 2. The molecule has 4 rings (SSSR count). The van der Waals surface area contributed by atoms with Crippen molar-refractivity contribution in [2.45, 2.75) is 12.8 Å². The number of rotatable bonds is 5. The summed E-state index contributed by atoms with van der Waals surface area (Å²) in [6.45, 7) is 0. The van der Waals surface area contributed by atoms with E-state index in [-0.39, 0.29) is 24.0 Å². The summed E-state index contributed by atoms with van der Waals surface area (Å²) >= 11 is 0. The molecule has 2 heterocycles. The molecule has 2 aromatic heterocycles. The normalized spacial score (nSPS) is 10.9. The minimum Gasteiger partial charge on any atom is -0.358 e. The molecule has 4 nitrogen and oxygen atoms in total. The summed E-state index contributed by atoms with van der Waals surface area (Å²) in [4.78, 5) is 19.8. The lowest BCUT2D eigenvalue weighted by Gasteiger charge is -2.07. The summed E-state index contributed by atoms with van der Waals surface area (Å²) in [5.41, 5.74) is 3.82. The van der Waals surface area contributed by atoms with Crippen LogP contribution in [0.5, 0.6) is 0 Å². The van der Waals surface area contributed by atoms with Crippen LogP contribution in [0.4, 0.5) is 14.5 Å². The van der Waals surface area contributed by atoms with Crippen LogP contribution in [0.15, 0.2) is 67.0 Å². The first-order chi connectivity index (χ1) is 13.6. The quantitative estimate of drug-likeness (QED) is 0.533. The predicted octanol–water partition coefficient (Wildman–Crippen LogP) is 4.61. The summed E-state index contributed by atoms with van der Waals surface area (Å²) in [5, 5.41) is 3.49. The van der Waals surface area contributed by atoms with E-state index in [0.717, 1.165) is 22.3 Å². The zero-order valence-electron chi connectivity index (χ0n) is 14.9. The Morgan fingerprint density at radius 1 is 0.964 bits per heavy atom. The summed E-state index contributed by atoms with van der Waals surface area (Å²) < 4.78 is 27.0. The van der Waals surface area contributed by atoms with Crippen LogP contribution < -0.4 is 5.32 Å². The summed E-state index contributed by atoms with van der Waals surface area (Å²) in [7, 11) is 0. The van der Waals surface area contributed by atoms with E-state index in [1.807, 2.05) is 0 Å². The molecule has 0 saturated carbocycles. The molecule has 0 atom stereocenters. The molecule has 1 amide bonds. The lowest BCUT2D eigenvalue weighted by molar-refractivity contribution is -0.115. The van der Waals surface area contributed by atoms with Gasteiger partial charge < -0.3 is 10.3 Å². The number of amides is 1. The third-order valence-electron chi connectivity index (χ3n) is 4.55. The lowest BCUT2D eigenvalue weighted by atomic mass is 10.0. The molecule has 0 aliphatic rings. The molecule has 28 heavy (non-hydrogen) atoms. The molecule has 0 unspecified atom stereocenters. The number of aromatic amines is 1. The smallest absolute Gasteiger partial charge is 0.228 e. The largest absolute Gasteiger partial charge is 0.358 e. The Kier molecular flexibility index (Phi) is 4.85. The molecule has 6 heteroatoms. The molecule has 0 aliphatic carbocycles. The highest BCUT2D eigenvalue weighted by Gasteiger charge is 2.16. The molecule has 0 saturated heterocycles. The number of pyridine rings is 1. The van der Waals surface area contributed by atoms with Gasteiger partial charge in [0.15, 0.2) is 0 Å². The van der Waals surface area contributed by atoms with E-state index in [1.165, 1.54) is 24.3 Å². The van der Waals surface area contributed by atoms with Crippen LogP contribution >= 0.6 is 0 Å². The summed E-state index contributed by atoms with van der Waals surface area (Å²) in [6, 6.07) is 14.0. The molecule has 4 aromatic rings. The van der Waals surface area contributed by atoms with Gasteiger partial charge in [0.05, 0.1) is 6.42 Å². The van der Waals surface area contributed by atoms with Gasteiger partial charge >= 0.3 is 0 Å². The Morgan fingerprint density at radius 3 is 2.43 bits per heavy atom. The SMILES string of the molecule is O=C(Cc1c(Cc2ccc(F)cc2)[nH]c2ccc(F)cc12)Nc1ccncc1. The van der Waals surface area contributed by atoms with Gasteiger partial charge in [0.1, 0.15) is 11.6 Å². The van der Waals surface area contributed by atoms with Gasteiger partial charge in [-0.1, -0.05) is 12.1 Å². The second-order valence-corrected chi connectivity index (χ2v) is 6.54. The lowest BCUT2D eigenvalue weighted by Crippen LogP contribution is -2.15. The van der Waals surface area contributed by atoms with Crippen molar-refractivity contribution < 1.29 is 13.6 Å². The zero-order valence-corrected chi connectivity index (χ0v) is 14.9. The van der Waals surface area contributed by atoms with Crippen molar-refractivity contribution in [1.29, 1.82) is 0 Å². The summed E-state index contributed by atoms with van der Waals surface area (Å²) in [6.07, 6.45) is 3.75. The number of H-pyrrole nitrogens is 1. The average molecular weight is 377 g/mol. The second kappa shape index (κ2) is 7.60. The number of fused-ring (bicyclic) bond motifs is 1. The standard InChI is InChI=1S/C22H17F2N3O/c23-15-3-1-14(2-4-15)11-21-19(18-12-16(24)5-6-20(18)27-21)13-22(28)26-17-7-9-25-10-8-17/h1-10,12,27H,11,13H2,(H,25,26,28). The third kappa shape index (κ3) is 3.91. The number of carbonyl (C=O) groups is 1. The minimum atomic E-state index is -0.365. The minimum absolute atomic E-state index is 0.0856. The number of aromatic nitrogens is 2. The second-order valence-electron chi connectivity index (χ2n) is 6.54. The Hall–Kier alpha value is -3.54. The van der Waals surface area contributed by atoms with Crippen molar-refractivity contribution >= 4 is 22.5 Å². The molecule has 0 aliphatic heterocycles. The van der Waals surface area contributed by atoms with E-state index in [9.17, 15) is 13.6 Å². The van der Waals surface area contributed by atoms with Crippen molar-refractivity contribution in [3.8, 4) is 0 Å². The van der Waals surface area contributed by atoms with Crippen LogP contribution in [0.2, 0.25) is 0 Å². The molecule has 140 valence electrons. The highest BCUT2D eigenvalue weighted by Crippen LogP contribution is 2.26. The number of nitrogens with zero attached hydrogens (tertiary/aromatic N) is 1. The number of hydrogen-bond acceptors (Lipinski definition) is 2. The van der Waals surface area contributed by atoms with Crippen LogP contribution in [0.3, 0.4) is 0 Å². The number of halogens is 2. The Labute approximate surface area is 160 Å². The Balaban J connectivity index is 1.67. The number of carbonyl (C=O) groups excluding carboxylic acids is 1. The van der Waals surface area contributed by atoms with E-state index < -0.39 is 0 Å². The monoisotopic (exact) mass is 377 g/mol. The van der Waals surface area contributed by atoms with E-state index in [1.54, 1.807) is 42.7 Å².